The zero-order valence-corrected chi connectivity index (χ0v) is 15.5. The number of carboxylic acid groups (broad SMARTS) is 1. The summed E-state index contributed by atoms with van der Waals surface area (Å²) < 4.78 is 5.06. The molecule has 5 nitrogen and oxygen atoms in total. The van der Waals surface area contributed by atoms with E-state index in [1.165, 1.54) is 0 Å². The molecule has 1 amide bonds. The molecule has 0 unspecified atom stereocenters. The number of methoxy groups -OCH3 is 1. The summed E-state index contributed by atoms with van der Waals surface area (Å²) in [6.45, 7) is 5.51. The fraction of sp³-hybridized carbons (Fsp3) is 0.600. The zero-order valence-electron chi connectivity index (χ0n) is 15.5. The minimum atomic E-state index is -0.839. The van der Waals surface area contributed by atoms with Crippen LogP contribution in [-0.4, -0.2) is 48.7 Å². The summed E-state index contributed by atoms with van der Waals surface area (Å²) >= 11 is 0. The van der Waals surface area contributed by atoms with Crippen LogP contribution in [0.25, 0.3) is 0 Å². The number of carbonyl (C=O) groups excluding carboxylic acids is 1. The number of hydrogen-bond donors (Lipinski definition) is 1. The zero-order chi connectivity index (χ0) is 18.4. The van der Waals surface area contributed by atoms with Gasteiger partial charge in [0.2, 0.25) is 5.91 Å². The second kappa shape index (κ2) is 8.48. The highest BCUT2D eigenvalue weighted by molar-refractivity contribution is 5.81. The van der Waals surface area contributed by atoms with Crippen LogP contribution in [0.15, 0.2) is 18.2 Å². The van der Waals surface area contributed by atoms with Crippen LogP contribution in [0.3, 0.4) is 0 Å². The number of benzene rings is 1. The smallest absolute Gasteiger partial charge is 0.311 e. The van der Waals surface area contributed by atoms with Crippen molar-refractivity contribution in [1.29, 1.82) is 0 Å². The third kappa shape index (κ3) is 4.82. The number of nitrogens with zero attached hydrogens (tertiary/aromatic N) is 1. The van der Waals surface area contributed by atoms with Crippen LogP contribution in [-0.2, 0) is 20.7 Å². The van der Waals surface area contributed by atoms with Gasteiger partial charge in [-0.2, -0.15) is 0 Å². The Balaban J connectivity index is 2.09. The third-order valence-electron chi connectivity index (χ3n) is 5.23. The van der Waals surface area contributed by atoms with E-state index in [-0.39, 0.29) is 5.91 Å². The van der Waals surface area contributed by atoms with E-state index in [1.807, 2.05) is 32.0 Å². The summed E-state index contributed by atoms with van der Waals surface area (Å²) in [7, 11) is 1.62. The van der Waals surface area contributed by atoms with Gasteiger partial charge in [-0.05, 0) is 50.7 Å². The first-order valence-corrected chi connectivity index (χ1v) is 8.94. The number of carboxylic acids is 1. The van der Waals surface area contributed by atoms with E-state index in [9.17, 15) is 14.7 Å². The molecule has 1 aliphatic rings. The fourth-order valence-electron chi connectivity index (χ4n) is 3.65. The number of rotatable bonds is 7. The molecule has 2 rings (SSSR count). The van der Waals surface area contributed by atoms with E-state index in [1.54, 1.807) is 12.0 Å². The predicted octanol–water partition coefficient (Wildman–Crippen LogP) is 2.97. The molecular formula is C20H29NO4. The molecule has 0 aromatic heterocycles. The SMILES string of the molecule is COCCC[C@@]1(C(=O)O)CCCN(C(=O)Cc2cc(C)ccc2C)C1. The third-order valence-corrected chi connectivity index (χ3v) is 5.23. The van der Waals surface area contributed by atoms with Gasteiger partial charge < -0.3 is 14.7 Å². The molecule has 1 N–H and O–H groups in total. The topological polar surface area (TPSA) is 66.8 Å². The summed E-state index contributed by atoms with van der Waals surface area (Å²) in [6.07, 6.45) is 2.93. The first kappa shape index (κ1) is 19.4. The monoisotopic (exact) mass is 347 g/mol. The molecule has 1 fully saturated rings. The number of likely N-dealkylation sites (tertiary alicyclic amines) is 1. The minimum Gasteiger partial charge on any atom is -0.481 e. The number of amides is 1. The van der Waals surface area contributed by atoms with Crippen molar-refractivity contribution >= 4 is 11.9 Å². The Bertz CT molecular complexity index is 628. The lowest BCUT2D eigenvalue weighted by Gasteiger charge is -2.40. The standard InChI is InChI=1S/C20H29NO4/c1-15-6-7-16(2)17(12-15)13-18(22)21-10-4-8-20(14-21,19(23)24)9-5-11-25-3/h6-7,12H,4-5,8-11,13-14H2,1-3H3,(H,23,24)/t20-/m0/s1. The largest absolute Gasteiger partial charge is 0.481 e. The number of aliphatic carboxylic acids is 1. The number of hydrogen-bond acceptors (Lipinski definition) is 3. The number of ether oxygens (including phenoxy) is 1. The highest BCUT2D eigenvalue weighted by Crippen LogP contribution is 2.35. The Hall–Kier alpha value is -1.88. The highest BCUT2D eigenvalue weighted by Gasteiger charge is 2.43. The van der Waals surface area contributed by atoms with Crippen LogP contribution in [0, 0.1) is 19.3 Å². The van der Waals surface area contributed by atoms with E-state index in [2.05, 4.69) is 0 Å². The molecule has 25 heavy (non-hydrogen) atoms. The van der Waals surface area contributed by atoms with Crippen LogP contribution in [0.4, 0.5) is 0 Å². The van der Waals surface area contributed by atoms with Crippen molar-refractivity contribution in [2.45, 2.75) is 46.0 Å². The van der Waals surface area contributed by atoms with Gasteiger partial charge in [0.25, 0.3) is 0 Å². The quantitative estimate of drug-likeness (QED) is 0.770. The van der Waals surface area contributed by atoms with Crippen molar-refractivity contribution in [3.8, 4) is 0 Å². The van der Waals surface area contributed by atoms with Gasteiger partial charge in [-0.3, -0.25) is 9.59 Å². The Labute approximate surface area is 150 Å². The van der Waals surface area contributed by atoms with Crippen LogP contribution >= 0.6 is 0 Å². The average molecular weight is 347 g/mol. The predicted molar refractivity (Wildman–Crippen MR) is 96.6 cm³/mol. The van der Waals surface area contributed by atoms with E-state index < -0.39 is 11.4 Å². The van der Waals surface area contributed by atoms with Crippen LogP contribution in [0.5, 0.6) is 0 Å². The molecule has 138 valence electrons. The van der Waals surface area contributed by atoms with Crippen molar-refractivity contribution in [1.82, 2.24) is 4.90 Å². The summed E-state index contributed by atoms with van der Waals surface area (Å²) in [5, 5.41) is 9.78. The summed E-state index contributed by atoms with van der Waals surface area (Å²) in [5.74, 6) is -0.779. The molecular weight excluding hydrogens is 318 g/mol. The maximum atomic E-state index is 12.8. The fourth-order valence-corrected chi connectivity index (χ4v) is 3.65. The van der Waals surface area contributed by atoms with Crippen molar-refractivity contribution in [3.63, 3.8) is 0 Å². The van der Waals surface area contributed by atoms with Gasteiger partial charge in [-0.1, -0.05) is 23.8 Å². The summed E-state index contributed by atoms with van der Waals surface area (Å²) in [6, 6.07) is 6.11. The lowest BCUT2D eigenvalue weighted by Crippen LogP contribution is -2.50. The first-order valence-electron chi connectivity index (χ1n) is 8.94. The normalized spacial score (nSPS) is 20.5. The number of aryl methyl sites for hydroxylation is 2. The molecule has 1 aromatic rings. The van der Waals surface area contributed by atoms with Gasteiger partial charge >= 0.3 is 5.97 Å². The Morgan fingerprint density at radius 2 is 2.08 bits per heavy atom. The van der Waals surface area contributed by atoms with Crippen molar-refractivity contribution in [2.24, 2.45) is 5.41 Å². The molecule has 1 aliphatic heterocycles. The van der Waals surface area contributed by atoms with Gasteiger partial charge in [0.05, 0.1) is 11.8 Å². The van der Waals surface area contributed by atoms with E-state index in [0.717, 1.165) is 23.1 Å². The maximum Gasteiger partial charge on any atom is 0.311 e. The molecule has 1 heterocycles. The molecule has 1 saturated heterocycles. The molecule has 5 heteroatoms. The van der Waals surface area contributed by atoms with Crippen LogP contribution < -0.4 is 0 Å². The lowest BCUT2D eigenvalue weighted by atomic mass is 9.76. The van der Waals surface area contributed by atoms with Crippen molar-refractivity contribution < 1.29 is 19.4 Å². The maximum absolute atomic E-state index is 12.8. The molecule has 0 radical (unpaired) electrons. The van der Waals surface area contributed by atoms with Gasteiger partial charge in [0, 0.05) is 26.8 Å². The van der Waals surface area contributed by atoms with Gasteiger partial charge in [-0.25, -0.2) is 0 Å². The van der Waals surface area contributed by atoms with Gasteiger partial charge in [0.1, 0.15) is 0 Å². The Kier molecular flexibility index (Phi) is 6.59. The second-order valence-corrected chi connectivity index (χ2v) is 7.21. The number of carbonyl (C=O) groups is 2. The first-order chi connectivity index (χ1) is 11.9. The Morgan fingerprint density at radius 1 is 1.32 bits per heavy atom. The van der Waals surface area contributed by atoms with E-state index >= 15 is 0 Å². The van der Waals surface area contributed by atoms with E-state index in [4.69, 9.17) is 4.74 Å². The molecule has 0 saturated carbocycles. The van der Waals surface area contributed by atoms with Gasteiger partial charge in [-0.15, -0.1) is 0 Å². The van der Waals surface area contributed by atoms with Gasteiger partial charge in [0.15, 0.2) is 0 Å². The highest BCUT2D eigenvalue weighted by atomic mass is 16.5. The van der Waals surface area contributed by atoms with E-state index in [0.29, 0.717) is 45.4 Å². The minimum absolute atomic E-state index is 0.0192. The second-order valence-electron chi connectivity index (χ2n) is 7.21. The molecule has 0 spiro atoms. The average Bonchev–Trinajstić information content (AvgIpc) is 2.58. The van der Waals surface area contributed by atoms with Crippen LogP contribution in [0.1, 0.15) is 42.4 Å². The van der Waals surface area contributed by atoms with Crippen LogP contribution in [0.2, 0.25) is 0 Å². The summed E-state index contributed by atoms with van der Waals surface area (Å²) in [4.78, 5) is 26.4. The molecule has 0 bridgehead atoms. The van der Waals surface area contributed by atoms with Crippen molar-refractivity contribution in [2.75, 3.05) is 26.8 Å². The Morgan fingerprint density at radius 3 is 2.76 bits per heavy atom. The molecule has 0 aliphatic carbocycles. The molecule has 1 aromatic carbocycles. The summed E-state index contributed by atoms with van der Waals surface area (Å²) in [5.41, 5.74) is 2.41. The number of piperidine rings is 1. The van der Waals surface area contributed by atoms with Crippen molar-refractivity contribution in [3.05, 3.63) is 34.9 Å². The lowest BCUT2D eigenvalue weighted by molar-refractivity contribution is -0.155. The molecule has 1 atom stereocenters.